The number of aliphatic hydroxyl groups is 1. The summed E-state index contributed by atoms with van der Waals surface area (Å²) >= 11 is 0. The fourth-order valence-corrected chi connectivity index (χ4v) is 8.85. The first kappa shape index (κ1) is 45.3. The predicted octanol–water partition coefficient (Wildman–Crippen LogP) is 2.98. The number of anilines is 3. The normalized spacial score (nSPS) is 18.7. The Labute approximate surface area is 387 Å². The number of hydrogen-bond acceptors (Lipinski definition) is 17. The molecule has 21 nitrogen and oxygen atoms in total. The van der Waals surface area contributed by atoms with Gasteiger partial charge < -0.3 is 55.5 Å². The molecule has 6 aromatic rings. The SMILES string of the molecule is CN(C)c1ccc2c(c1)Oc1cc(N(C)C)ccc1C21OC(=O)c2ccc(C(=O)NCCNC(=O)O[C@H]3[C@@H](O)[C@H](n4cnc5c(N)ncnc54)O[C@@H]3CNC(=O)c3ccc(S(=O)(=O)F)cc3)cc21. The number of amides is 3. The van der Waals surface area contributed by atoms with Crippen molar-refractivity contribution >= 4 is 62.5 Å². The Hall–Kier alpha value is -7.89. The fraction of sp³-hybridized carbons (Fsp3) is 0.267. The first-order chi connectivity index (χ1) is 32.4. The van der Waals surface area contributed by atoms with E-state index in [0.29, 0.717) is 28.2 Å². The number of rotatable bonds is 12. The number of halogens is 1. The van der Waals surface area contributed by atoms with Crippen molar-refractivity contribution in [2.24, 2.45) is 0 Å². The summed E-state index contributed by atoms with van der Waals surface area (Å²) in [6.45, 7) is -0.546. The third kappa shape index (κ3) is 8.08. The number of carbonyl (C=O) groups excluding carboxylic acids is 4. The molecule has 3 amide bonds. The third-order valence-corrected chi connectivity index (χ3v) is 12.7. The summed E-state index contributed by atoms with van der Waals surface area (Å²) in [7, 11) is 2.60. The first-order valence-corrected chi connectivity index (χ1v) is 22.3. The molecular weight excluding hydrogens is 908 g/mol. The molecule has 9 rings (SSSR count). The van der Waals surface area contributed by atoms with E-state index in [1.54, 1.807) is 12.1 Å². The molecular formula is C45H43FN10O11S. The Morgan fingerprint density at radius 2 is 1.47 bits per heavy atom. The fourth-order valence-electron chi connectivity index (χ4n) is 8.38. The predicted molar refractivity (Wildman–Crippen MR) is 241 cm³/mol. The van der Waals surface area contributed by atoms with E-state index in [9.17, 15) is 36.6 Å². The lowest BCUT2D eigenvalue weighted by Crippen LogP contribution is -2.45. The minimum Gasteiger partial charge on any atom is -0.456 e. The molecule has 0 bridgehead atoms. The zero-order valence-electron chi connectivity index (χ0n) is 36.7. The average Bonchev–Trinajstić information content (AvgIpc) is 3.97. The Morgan fingerprint density at radius 1 is 0.838 bits per heavy atom. The van der Waals surface area contributed by atoms with Crippen LogP contribution in [0.2, 0.25) is 0 Å². The monoisotopic (exact) mass is 950 g/mol. The second-order valence-corrected chi connectivity index (χ2v) is 17.8. The number of carbonyl (C=O) groups is 4. The maximum absolute atomic E-state index is 13.7. The van der Waals surface area contributed by atoms with Crippen molar-refractivity contribution in [1.29, 1.82) is 0 Å². The number of nitrogens with zero attached hydrogens (tertiary/aromatic N) is 6. The summed E-state index contributed by atoms with van der Waals surface area (Å²) < 4.78 is 61.8. The molecule has 0 radical (unpaired) electrons. The van der Waals surface area contributed by atoms with Crippen LogP contribution >= 0.6 is 0 Å². The Morgan fingerprint density at radius 3 is 2.12 bits per heavy atom. The second-order valence-electron chi connectivity index (χ2n) is 16.4. The molecule has 6 N–H and O–H groups in total. The number of fused-ring (bicyclic) bond motifs is 7. The van der Waals surface area contributed by atoms with Gasteiger partial charge in [0.1, 0.15) is 35.6 Å². The summed E-state index contributed by atoms with van der Waals surface area (Å²) in [5.74, 6) is -0.778. The molecule has 23 heteroatoms. The lowest BCUT2D eigenvalue weighted by atomic mass is 9.77. The van der Waals surface area contributed by atoms with Gasteiger partial charge in [-0.1, -0.05) is 0 Å². The Balaban J connectivity index is 0.892. The summed E-state index contributed by atoms with van der Waals surface area (Å²) in [5.41, 5.74) is 8.71. The van der Waals surface area contributed by atoms with Crippen LogP contribution in [0.1, 0.15) is 54.0 Å². The molecule has 3 aliphatic rings. The van der Waals surface area contributed by atoms with Crippen LogP contribution in [-0.2, 0) is 30.0 Å². The maximum Gasteiger partial charge on any atom is 0.407 e. The van der Waals surface area contributed by atoms with E-state index in [4.69, 9.17) is 24.7 Å². The largest absolute Gasteiger partial charge is 0.456 e. The topological polar surface area (TPSA) is 272 Å². The number of esters is 1. The van der Waals surface area contributed by atoms with E-state index >= 15 is 0 Å². The molecule has 1 fully saturated rings. The van der Waals surface area contributed by atoms with E-state index < -0.39 is 69.1 Å². The van der Waals surface area contributed by atoms with Crippen LogP contribution in [0.5, 0.6) is 11.5 Å². The standard InChI is InChI=1S/C45H43FN10O11S/c1-54(2)25-8-13-29-32(18-25)64-33-19-26(55(3)4)9-14-30(33)45(29)31-17-24(7-12-28(31)43(60)67-45)41(59)48-15-16-49-44(61)66-37-34(20-50-40(58)23-5-10-27(11-6-23)68(46,62)63)65-42(36(37)57)56-22-53-35-38(47)51-21-52-39(35)56/h5-14,17-19,21-22,34,36-37,42,57H,15-16,20H2,1-4H3,(H,48,59)(H,49,61)(H,50,58)(H2,47,51,52)/t34-,36-,37-,42-/m1/s1. The van der Waals surface area contributed by atoms with Crippen LogP contribution in [0.25, 0.3) is 11.2 Å². The molecule has 3 aliphatic heterocycles. The Bertz CT molecular complexity index is 3070. The number of aliphatic hydroxyl groups excluding tert-OH is 1. The van der Waals surface area contributed by atoms with Gasteiger partial charge in [-0.25, -0.2) is 24.5 Å². The summed E-state index contributed by atoms with van der Waals surface area (Å²) in [5, 5.41) is 19.4. The van der Waals surface area contributed by atoms with Gasteiger partial charge in [0.05, 0.1) is 16.8 Å². The number of nitrogen functional groups attached to an aromatic ring is 1. The Kier molecular flexibility index (Phi) is 11.6. The van der Waals surface area contributed by atoms with Crippen molar-refractivity contribution in [1.82, 2.24) is 35.5 Å². The number of benzene rings is 4. The second kappa shape index (κ2) is 17.4. The molecule has 352 valence electrons. The van der Waals surface area contributed by atoms with Crippen LogP contribution in [0.3, 0.4) is 0 Å². The lowest BCUT2D eigenvalue weighted by molar-refractivity contribution is -0.0337. The molecule has 1 saturated heterocycles. The zero-order valence-corrected chi connectivity index (χ0v) is 37.5. The highest BCUT2D eigenvalue weighted by Gasteiger charge is 2.54. The van der Waals surface area contributed by atoms with E-state index in [2.05, 4.69) is 30.9 Å². The van der Waals surface area contributed by atoms with Crippen molar-refractivity contribution in [3.05, 3.63) is 125 Å². The van der Waals surface area contributed by atoms with Crippen LogP contribution in [0, 0.1) is 0 Å². The number of nitrogens with two attached hydrogens (primary N) is 1. The quantitative estimate of drug-likeness (QED) is 0.0670. The van der Waals surface area contributed by atoms with Gasteiger partial charge in [-0.3, -0.25) is 14.2 Å². The summed E-state index contributed by atoms with van der Waals surface area (Å²) in [6.07, 6.45) is -3.89. The van der Waals surface area contributed by atoms with Gasteiger partial charge in [-0.15, -0.1) is 3.89 Å². The molecule has 4 aromatic carbocycles. The van der Waals surface area contributed by atoms with Crippen LogP contribution in [-0.4, -0.2) is 123 Å². The molecule has 4 atom stereocenters. The van der Waals surface area contributed by atoms with Crippen molar-refractivity contribution in [2.45, 2.75) is 35.0 Å². The molecule has 2 aromatic heterocycles. The van der Waals surface area contributed by atoms with E-state index in [-0.39, 0.29) is 53.3 Å². The first-order valence-electron chi connectivity index (χ1n) is 21.0. The number of aromatic nitrogens is 4. The molecule has 1 spiro atoms. The highest BCUT2D eigenvalue weighted by Crippen LogP contribution is 2.57. The van der Waals surface area contributed by atoms with Gasteiger partial charge in [0.2, 0.25) is 0 Å². The molecule has 5 heterocycles. The van der Waals surface area contributed by atoms with Gasteiger partial charge in [-0.05, 0) is 66.7 Å². The highest BCUT2D eigenvalue weighted by atomic mass is 32.3. The van der Waals surface area contributed by atoms with Crippen molar-refractivity contribution in [3.8, 4) is 11.5 Å². The third-order valence-electron chi connectivity index (χ3n) is 11.8. The van der Waals surface area contributed by atoms with Gasteiger partial charge in [-0.2, -0.15) is 8.42 Å². The molecule has 0 saturated carbocycles. The number of ether oxygens (including phenoxy) is 4. The van der Waals surface area contributed by atoms with E-state index in [1.807, 2.05) is 74.4 Å². The van der Waals surface area contributed by atoms with Gasteiger partial charge in [0, 0.05) is 99.1 Å². The molecule has 0 unspecified atom stereocenters. The van der Waals surface area contributed by atoms with E-state index in [1.165, 1.54) is 23.3 Å². The molecule has 68 heavy (non-hydrogen) atoms. The number of nitrogens with one attached hydrogen (secondary N) is 3. The smallest absolute Gasteiger partial charge is 0.407 e. The summed E-state index contributed by atoms with van der Waals surface area (Å²) in [6, 6.07) is 19.9. The van der Waals surface area contributed by atoms with Crippen LogP contribution in [0.4, 0.5) is 25.9 Å². The molecule has 0 aliphatic carbocycles. The lowest BCUT2D eigenvalue weighted by Gasteiger charge is -2.37. The van der Waals surface area contributed by atoms with Crippen molar-refractivity contribution in [2.75, 3.05) is 63.4 Å². The van der Waals surface area contributed by atoms with Crippen LogP contribution < -0.4 is 36.2 Å². The average molecular weight is 951 g/mol. The minimum atomic E-state index is -5.00. The van der Waals surface area contributed by atoms with Gasteiger partial charge in [0.15, 0.2) is 29.4 Å². The zero-order chi connectivity index (χ0) is 48.2. The number of alkyl carbamates (subject to hydrolysis) is 1. The van der Waals surface area contributed by atoms with Crippen molar-refractivity contribution < 1.29 is 55.5 Å². The van der Waals surface area contributed by atoms with Crippen LogP contribution in [0.15, 0.2) is 96.4 Å². The van der Waals surface area contributed by atoms with E-state index in [0.717, 1.165) is 35.6 Å². The van der Waals surface area contributed by atoms with Crippen molar-refractivity contribution in [3.63, 3.8) is 0 Å². The van der Waals surface area contributed by atoms with Gasteiger partial charge >= 0.3 is 22.3 Å². The highest BCUT2D eigenvalue weighted by molar-refractivity contribution is 7.86. The minimum absolute atomic E-state index is 0.0181. The maximum atomic E-state index is 13.7. The summed E-state index contributed by atoms with van der Waals surface area (Å²) in [4.78, 5) is 69.2. The number of imidazole rings is 1. The number of hydrogen-bond donors (Lipinski definition) is 5. The van der Waals surface area contributed by atoms with Gasteiger partial charge in [0.25, 0.3) is 11.8 Å².